The van der Waals surface area contributed by atoms with Crippen molar-refractivity contribution in [3.05, 3.63) is 41.9 Å². The number of nitrogens with zero attached hydrogens (tertiary/aromatic N) is 4. The summed E-state index contributed by atoms with van der Waals surface area (Å²) in [5.74, 6) is 2.43. The lowest BCUT2D eigenvalue weighted by Gasteiger charge is -2.19. The van der Waals surface area contributed by atoms with Gasteiger partial charge < -0.3 is 19.8 Å². The van der Waals surface area contributed by atoms with Gasteiger partial charge in [0.25, 0.3) is 0 Å². The van der Waals surface area contributed by atoms with E-state index in [0.717, 1.165) is 17.1 Å². The van der Waals surface area contributed by atoms with Crippen molar-refractivity contribution in [2.24, 2.45) is 7.05 Å². The molecule has 0 amide bonds. The van der Waals surface area contributed by atoms with Crippen molar-refractivity contribution in [3.8, 4) is 40.1 Å². The van der Waals surface area contributed by atoms with Gasteiger partial charge in [0, 0.05) is 18.2 Å². The van der Waals surface area contributed by atoms with Gasteiger partial charge in [-0.3, -0.25) is 0 Å². The van der Waals surface area contributed by atoms with Gasteiger partial charge >= 0.3 is 0 Å². The summed E-state index contributed by atoms with van der Waals surface area (Å²) >= 11 is 0. The first-order chi connectivity index (χ1) is 12.6. The molecule has 7 heteroatoms. The zero-order valence-corrected chi connectivity index (χ0v) is 14.5. The molecule has 26 heavy (non-hydrogen) atoms. The highest BCUT2D eigenvalue weighted by atomic mass is 16.6. The third-order valence-corrected chi connectivity index (χ3v) is 4.49. The highest BCUT2D eigenvalue weighted by Crippen LogP contribution is 2.36. The Morgan fingerprint density at radius 1 is 1.19 bits per heavy atom. The van der Waals surface area contributed by atoms with Crippen LogP contribution in [-0.2, 0) is 7.05 Å². The number of rotatable bonds is 2. The summed E-state index contributed by atoms with van der Waals surface area (Å²) in [6.07, 6.45) is 1.73. The number of imidazole rings is 1. The maximum absolute atomic E-state index is 9.54. The first kappa shape index (κ1) is 16.0. The minimum absolute atomic E-state index is 0.189. The molecule has 0 saturated carbocycles. The zero-order valence-electron chi connectivity index (χ0n) is 14.5. The summed E-state index contributed by atoms with van der Waals surface area (Å²) in [4.78, 5) is 8.73. The Hall–Kier alpha value is -3.53. The van der Waals surface area contributed by atoms with Gasteiger partial charge in [0.15, 0.2) is 11.5 Å². The van der Waals surface area contributed by atoms with E-state index in [1.807, 2.05) is 42.8 Å². The molecule has 1 aliphatic rings. The minimum atomic E-state index is 0.189. The molecule has 0 radical (unpaired) electrons. The summed E-state index contributed by atoms with van der Waals surface area (Å²) in [6.45, 7) is 2.96. The molecule has 7 nitrogen and oxygen atoms in total. The van der Waals surface area contributed by atoms with E-state index in [-0.39, 0.29) is 5.82 Å². The molecule has 130 valence electrons. The van der Waals surface area contributed by atoms with Gasteiger partial charge in [-0.1, -0.05) is 0 Å². The lowest BCUT2D eigenvalue weighted by Crippen LogP contribution is -2.15. The molecule has 0 spiro atoms. The number of anilines is 1. The van der Waals surface area contributed by atoms with E-state index in [1.54, 1.807) is 6.20 Å². The van der Waals surface area contributed by atoms with E-state index in [9.17, 15) is 5.26 Å². The number of fused-ring (bicyclic) bond motifs is 1. The fourth-order valence-corrected chi connectivity index (χ4v) is 2.99. The summed E-state index contributed by atoms with van der Waals surface area (Å²) < 4.78 is 13.1. The quantitative estimate of drug-likeness (QED) is 0.765. The summed E-state index contributed by atoms with van der Waals surface area (Å²) in [7, 11) is 1.90. The Balaban J connectivity index is 1.89. The van der Waals surface area contributed by atoms with Gasteiger partial charge in [0.1, 0.15) is 36.5 Å². The molecule has 0 saturated heterocycles. The number of ether oxygens (including phenoxy) is 2. The predicted octanol–water partition coefficient (Wildman–Crippen LogP) is 2.68. The molecule has 2 aromatic heterocycles. The van der Waals surface area contributed by atoms with Crippen molar-refractivity contribution in [1.29, 1.82) is 5.26 Å². The second kappa shape index (κ2) is 6.08. The minimum Gasteiger partial charge on any atom is -0.486 e. The van der Waals surface area contributed by atoms with Gasteiger partial charge in [-0.05, 0) is 31.2 Å². The Labute approximate surface area is 150 Å². The van der Waals surface area contributed by atoms with Crippen LogP contribution in [-0.4, -0.2) is 27.7 Å². The molecule has 3 heterocycles. The number of nitriles is 1. The van der Waals surface area contributed by atoms with Crippen molar-refractivity contribution in [2.45, 2.75) is 6.92 Å². The first-order valence-corrected chi connectivity index (χ1v) is 8.18. The predicted molar refractivity (Wildman–Crippen MR) is 96.7 cm³/mol. The zero-order chi connectivity index (χ0) is 18.3. The van der Waals surface area contributed by atoms with Crippen molar-refractivity contribution in [3.63, 3.8) is 0 Å². The maximum Gasteiger partial charge on any atom is 0.162 e. The molecule has 4 rings (SSSR count). The molecule has 3 aromatic rings. The smallest absolute Gasteiger partial charge is 0.162 e. The summed E-state index contributed by atoms with van der Waals surface area (Å²) in [5, 5.41) is 9.54. The van der Waals surface area contributed by atoms with Gasteiger partial charge in [-0.2, -0.15) is 5.26 Å². The van der Waals surface area contributed by atoms with Gasteiger partial charge in [0.05, 0.1) is 17.6 Å². The van der Waals surface area contributed by atoms with Crippen LogP contribution in [0, 0.1) is 18.3 Å². The number of aryl methyl sites for hydroxylation is 1. The van der Waals surface area contributed by atoms with Crippen LogP contribution in [0.1, 0.15) is 11.4 Å². The maximum atomic E-state index is 9.54. The van der Waals surface area contributed by atoms with Crippen LogP contribution in [0.4, 0.5) is 5.82 Å². The normalized spacial score (nSPS) is 12.7. The Morgan fingerprint density at radius 2 is 1.96 bits per heavy atom. The fraction of sp³-hybridized carbons (Fsp3) is 0.211. The van der Waals surface area contributed by atoms with Crippen LogP contribution in [0.2, 0.25) is 0 Å². The molecule has 1 aromatic carbocycles. The second-order valence-corrected chi connectivity index (χ2v) is 6.04. The SMILES string of the molecule is Cc1ncc(-c2cc(-c3ccc4c(c3)OCCO4)nc(N)c2C#N)n1C. The number of nitrogen functional groups attached to an aromatic ring is 1. The topological polar surface area (TPSA) is 99.0 Å². The van der Waals surface area contributed by atoms with Gasteiger partial charge in [-0.25, -0.2) is 9.97 Å². The summed E-state index contributed by atoms with van der Waals surface area (Å²) in [6, 6.07) is 9.64. The van der Waals surface area contributed by atoms with Crippen LogP contribution in [0.3, 0.4) is 0 Å². The van der Waals surface area contributed by atoms with Crippen LogP contribution in [0.5, 0.6) is 11.5 Å². The Morgan fingerprint density at radius 3 is 2.65 bits per heavy atom. The van der Waals surface area contributed by atoms with Gasteiger partial charge in [0.2, 0.25) is 0 Å². The van der Waals surface area contributed by atoms with E-state index < -0.39 is 0 Å². The van der Waals surface area contributed by atoms with E-state index >= 15 is 0 Å². The lowest BCUT2D eigenvalue weighted by atomic mass is 10.0. The molecule has 0 bridgehead atoms. The highest BCUT2D eigenvalue weighted by Gasteiger charge is 2.18. The van der Waals surface area contributed by atoms with Gasteiger partial charge in [-0.15, -0.1) is 0 Å². The lowest BCUT2D eigenvalue weighted by molar-refractivity contribution is 0.171. The average Bonchev–Trinajstić information content (AvgIpc) is 2.99. The van der Waals surface area contributed by atoms with Crippen LogP contribution in [0.25, 0.3) is 22.5 Å². The molecule has 0 atom stereocenters. The summed E-state index contributed by atoms with van der Waals surface area (Å²) in [5.41, 5.74) is 9.44. The number of nitrogens with two attached hydrogens (primary N) is 1. The molecule has 1 aliphatic heterocycles. The number of hydrogen-bond acceptors (Lipinski definition) is 6. The molecule has 2 N–H and O–H groups in total. The number of aromatic nitrogens is 3. The molecule has 0 aliphatic carbocycles. The largest absolute Gasteiger partial charge is 0.486 e. The van der Waals surface area contributed by atoms with E-state index in [1.165, 1.54) is 0 Å². The molecular formula is C19H17N5O2. The number of hydrogen-bond donors (Lipinski definition) is 1. The van der Waals surface area contributed by atoms with E-state index in [4.69, 9.17) is 15.2 Å². The van der Waals surface area contributed by atoms with Crippen LogP contribution in [0.15, 0.2) is 30.5 Å². The van der Waals surface area contributed by atoms with E-state index in [0.29, 0.717) is 41.5 Å². The second-order valence-electron chi connectivity index (χ2n) is 6.04. The van der Waals surface area contributed by atoms with Crippen molar-refractivity contribution in [2.75, 3.05) is 18.9 Å². The average molecular weight is 347 g/mol. The molecule has 0 unspecified atom stereocenters. The van der Waals surface area contributed by atoms with Crippen molar-refractivity contribution < 1.29 is 9.47 Å². The number of pyridine rings is 1. The first-order valence-electron chi connectivity index (χ1n) is 8.18. The van der Waals surface area contributed by atoms with E-state index in [2.05, 4.69) is 16.0 Å². The van der Waals surface area contributed by atoms with Crippen LogP contribution < -0.4 is 15.2 Å². The van der Waals surface area contributed by atoms with Crippen molar-refractivity contribution >= 4 is 5.82 Å². The fourth-order valence-electron chi connectivity index (χ4n) is 2.99. The number of benzene rings is 1. The third kappa shape index (κ3) is 2.52. The Kier molecular flexibility index (Phi) is 3.73. The standard InChI is InChI=1S/C19H17N5O2/c1-11-22-10-16(24(11)2)13-8-15(23-19(21)14(13)9-20)12-3-4-17-18(7-12)26-6-5-25-17/h3-4,7-8,10H,5-6H2,1-2H3,(H2,21,23). The highest BCUT2D eigenvalue weighted by molar-refractivity contribution is 5.79. The Bertz CT molecular complexity index is 1050. The van der Waals surface area contributed by atoms with Crippen LogP contribution >= 0.6 is 0 Å². The molecule has 0 fully saturated rings. The monoisotopic (exact) mass is 347 g/mol. The third-order valence-electron chi connectivity index (χ3n) is 4.49. The molecular weight excluding hydrogens is 330 g/mol. The van der Waals surface area contributed by atoms with Crippen molar-refractivity contribution in [1.82, 2.24) is 14.5 Å².